The minimum Gasteiger partial charge on any atom is -0.516 e. The summed E-state index contributed by atoms with van der Waals surface area (Å²) in [4.78, 5) is 0. The first kappa shape index (κ1) is 39.3. The molecule has 28 heavy (non-hydrogen) atoms. The van der Waals surface area contributed by atoms with Crippen LogP contribution in [0.25, 0.3) is 0 Å². The minimum atomic E-state index is -2.28. The Labute approximate surface area is 224 Å². The topological polar surface area (TPSA) is 55.4 Å². The van der Waals surface area contributed by atoms with E-state index in [1.807, 2.05) is 41.5 Å². The molecule has 0 aliphatic carbocycles. The Morgan fingerprint density at radius 1 is 0.393 bits per heavy atom. The average molecular weight is 765 g/mol. The van der Waals surface area contributed by atoms with E-state index >= 15 is 0 Å². The summed E-state index contributed by atoms with van der Waals surface area (Å²) in [5.41, 5.74) is 0. The van der Waals surface area contributed by atoms with E-state index in [0.717, 1.165) is 0 Å². The summed E-state index contributed by atoms with van der Waals surface area (Å²) in [7, 11) is 0. The van der Waals surface area contributed by atoms with Gasteiger partial charge in [0.15, 0.2) is 0 Å². The smallest absolute Gasteiger partial charge is 0.516 e. The van der Waals surface area contributed by atoms with Gasteiger partial charge in [0.2, 0.25) is 0 Å². The van der Waals surface area contributed by atoms with Gasteiger partial charge in [0.25, 0.3) is 0 Å². The van der Waals surface area contributed by atoms with Crippen LogP contribution in [0, 0.1) is 0 Å². The monoisotopic (exact) mass is 764 g/mol. The third-order valence-corrected chi connectivity index (χ3v) is 8.96. The SMILES string of the molecule is CCO[P+]([S-])([S-])OCC.CCO[P+]([S-])([S-])OCC.CCO[P+]([S-])([S-])OCC.[Bi+3]. The Bertz CT molecular complexity index is 267. The molecule has 0 aliphatic rings. The van der Waals surface area contributed by atoms with Crippen LogP contribution >= 0.6 is 18.4 Å². The van der Waals surface area contributed by atoms with Crippen molar-refractivity contribution in [3.8, 4) is 0 Å². The summed E-state index contributed by atoms with van der Waals surface area (Å²) in [5.74, 6) is 0. The molecule has 0 aliphatic heterocycles. The molecule has 0 unspecified atom stereocenters. The maximum Gasteiger partial charge on any atom is 3.00 e. The summed E-state index contributed by atoms with van der Waals surface area (Å²) in [6.45, 7) is 14.4. The van der Waals surface area contributed by atoms with Gasteiger partial charge in [0.05, 0.1) is 39.6 Å². The van der Waals surface area contributed by atoms with Crippen molar-refractivity contribution in [2.45, 2.75) is 41.5 Å². The molecule has 16 heteroatoms. The van der Waals surface area contributed by atoms with Crippen LogP contribution in [0.4, 0.5) is 0 Å². The third-order valence-electron chi connectivity index (χ3n) is 1.72. The zero-order chi connectivity index (χ0) is 22.0. The van der Waals surface area contributed by atoms with Gasteiger partial charge in [0, 0.05) is 18.4 Å². The normalized spacial score (nSPS) is 11.6. The van der Waals surface area contributed by atoms with Crippen LogP contribution < -0.4 is 0 Å². The first-order valence-electron chi connectivity index (χ1n) is 8.17. The number of hydrogen-bond acceptors (Lipinski definition) is 12. The zero-order valence-electron chi connectivity index (χ0n) is 16.9. The maximum atomic E-state index is 4.99. The Balaban J connectivity index is -0.000000152. The van der Waals surface area contributed by atoms with E-state index in [-0.39, 0.29) is 26.2 Å². The first-order chi connectivity index (χ1) is 12.4. The molecule has 0 aromatic carbocycles. The van der Waals surface area contributed by atoms with Crippen LogP contribution in [0.1, 0.15) is 41.5 Å². The predicted molar refractivity (Wildman–Crippen MR) is 140 cm³/mol. The van der Waals surface area contributed by atoms with E-state index in [2.05, 4.69) is 0 Å². The standard InChI is InChI=1S/3C4H11O2PS2.Bi/c3*1-3-5-7(8,9)6-4-2;/h3*3-4H2,1-2H3,(H,8,9);/q;;;+3/p-3. The molecule has 0 saturated heterocycles. The fourth-order valence-electron chi connectivity index (χ4n) is 1.06. The number of rotatable bonds is 12. The fraction of sp³-hybridized carbons (Fsp3) is 1.00. The molecule has 0 amide bonds. The largest absolute Gasteiger partial charge is 3.00 e. The first-order valence-corrected chi connectivity index (χ1v) is 19.1. The summed E-state index contributed by atoms with van der Waals surface area (Å²) in [6.07, 6.45) is -6.83. The van der Waals surface area contributed by atoms with Gasteiger partial charge in [-0.2, -0.15) is 0 Å². The zero-order valence-corrected chi connectivity index (χ0v) is 28.0. The molecule has 0 atom stereocenters. The molecule has 0 spiro atoms. The molecule has 0 saturated carbocycles. The van der Waals surface area contributed by atoms with Crippen LogP contribution in [0.3, 0.4) is 0 Å². The molecule has 0 aromatic heterocycles. The summed E-state index contributed by atoms with van der Waals surface area (Å²) in [5, 5.41) is 0. The molecule has 0 fully saturated rings. The van der Waals surface area contributed by atoms with Gasteiger partial charge in [-0.15, -0.1) is 0 Å². The van der Waals surface area contributed by atoms with E-state index in [1.165, 1.54) is 0 Å². The van der Waals surface area contributed by atoms with Crippen LogP contribution in [0.5, 0.6) is 0 Å². The van der Waals surface area contributed by atoms with E-state index in [9.17, 15) is 0 Å². The second-order valence-electron chi connectivity index (χ2n) is 3.85. The molecule has 6 nitrogen and oxygen atoms in total. The van der Waals surface area contributed by atoms with Gasteiger partial charge in [-0.25, -0.2) is 0 Å². The van der Waals surface area contributed by atoms with Crippen molar-refractivity contribution in [1.29, 1.82) is 0 Å². The van der Waals surface area contributed by atoms with Crippen molar-refractivity contribution in [3.63, 3.8) is 0 Å². The number of hydrogen-bond donors (Lipinski definition) is 0. The van der Waals surface area contributed by atoms with Crippen molar-refractivity contribution in [2.75, 3.05) is 39.6 Å². The molecular formula is C12H30BiO6P3S6. The van der Waals surface area contributed by atoms with Crippen LogP contribution in [0.15, 0.2) is 0 Å². The molecule has 0 heterocycles. The van der Waals surface area contributed by atoms with Gasteiger partial charge in [-0.1, -0.05) is 0 Å². The van der Waals surface area contributed by atoms with Crippen molar-refractivity contribution < 1.29 is 27.1 Å². The van der Waals surface area contributed by atoms with Crippen molar-refractivity contribution in [2.24, 2.45) is 0 Å². The van der Waals surface area contributed by atoms with Crippen LogP contribution in [-0.4, -0.2) is 65.8 Å². The Morgan fingerprint density at radius 3 is 0.571 bits per heavy atom. The summed E-state index contributed by atoms with van der Waals surface area (Å²) < 4.78 is 29.9. The second-order valence-corrected chi connectivity index (χ2v) is 18.8. The van der Waals surface area contributed by atoms with Gasteiger partial charge in [0.1, 0.15) is 0 Å². The molecule has 0 rings (SSSR count). The van der Waals surface area contributed by atoms with Crippen LogP contribution in [-0.2, 0) is 101 Å². The Morgan fingerprint density at radius 2 is 0.500 bits per heavy atom. The minimum absolute atomic E-state index is 0. The van der Waals surface area contributed by atoms with E-state index in [0.29, 0.717) is 39.6 Å². The van der Waals surface area contributed by atoms with Crippen molar-refractivity contribution >= 4 is 118 Å². The molecular weight excluding hydrogens is 734 g/mol. The summed E-state index contributed by atoms with van der Waals surface area (Å²) in [6, 6.07) is 0. The average Bonchev–Trinajstić information content (AvgIpc) is 2.47. The quantitative estimate of drug-likeness (QED) is 0.151. The molecule has 0 aromatic rings. The van der Waals surface area contributed by atoms with Crippen molar-refractivity contribution in [1.82, 2.24) is 0 Å². The van der Waals surface area contributed by atoms with Crippen molar-refractivity contribution in [3.05, 3.63) is 0 Å². The third kappa shape index (κ3) is 32.2. The second kappa shape index (κ2) is 24.2. The van der Waals surface area contributed by atoms with E-state index in [4.69, 9.17) is 101 Å². The Hall–Kier alpha value is 4.03. The van der Waals surface area contributed by atoms with E-state index < -0.39 is 18.4 Å². The van der Waals surface area contributed by atoms with Gasteiger partial charge in [-0.05, 0) is 41.5 Å². The van der Waals surface area contributed by atoms with Crippen LogP contribution in [0.2, 0.25) is 0 Å². The molecule has 170 valence electrons. The predicted octanol–water partition coefficient (Wildman–Crippen LogP) is 5.11. The maximum absolute atomic E-state index is 4.99. The molecule has 2 radical (unpaired) electrons. The fourth-order valence-corrected chi connectivity index (χ4v) is 6.98. The molecule has 0 N–H and O–H groups in total. The van der Waals surface area contributed by atoms with Gasteiger partial charge < -0.3 is 73.5 Å². The van der Waals surface area contributed by atoms with Gasteiger partial charge in [-0.3, -0.25) is 27.1 Å². The Kier molecular flexibility index (Phi) is 33.9. The molecule has 0 bridgehead atoms. The van der Waals surface area contributed by atoms with E-state index in [1.54, 1.807) is 0 Å². The summed E-state index contributed by atoms with van der Waals surface area (Å²) >= 11 is 28.9. The van der Waals surface area contributed by atoms with Gasteiger partial charge >= 0.3 is 26.2 Å².